The summed E-state index contributed by atoms with van der Waals surface area (Å²) in [7, 11) is 0. The molecule has 0 aliphatic carbocycles. The zero-order valence-electron chi connectivity index (χ0n) is 11.1. The molecule has 0 aliphatic rings. The van der Waals surface area contributed by atoms with Gasteiger partial charge in [-0.1, -0.05) is 27.5 Å². The van der Waals surface area contributed by atoms with Crippen LogP contribution in [0, 0.1) is 0 Å². The smallest absolute Gasteiger partial charge is 0.265 e. The first kappa shape index (κ1) is 16.3. The van der Waals surface area contributed by atoms with Crippen molar-refractivity contribution in [1.82, 2.24) is 0 Å². The maximum Gasteiger partial charge on any atom is 0.265 e. The molecule has 1 atom stereocenters. The summed E-state index contributed by atoms with van der Waals surface area (Å²) < 4.78 is 7.29. The van der Waals surface area contributed by atoms with Gasteiger partial charge in [0.25, 0.3) is 5.91 Å². The van der Waals surface area contributed by atoms with Crippen LogP contribution in [0.2, 0.25) is 5.02 Å². The summed E-state index contributed by atoms with van der Waals surface area (Å²) in [6.07, 6.45) is -0.633. The van der Waals surface area contributed by atoms with Crippen molar-refractivity contribution in [3.05, 3.63) is 56.4 Å². The van der Waals surface area contributed by atoms with Crippen LogP contribution in [-0.2, 0) is 4.79 Å². The summed E-state index contributed by atoms with van der Waals surface area (Å²) in [6.45, 7) is 1.69. The second kappa shape index (κ2) is 7.29. The fourth-order valence-corrected chi connectivity index (χ4v) is 2.63. The van der Waals surface area contributed by atoms with Crippen molar-refractivity contribution in [2.45, 2.75) is 13.0 Å². The quantitative estimate of drug-likeness (QED) is 0.713. The van der Waals surface area contributed by atoms with E-state index in [0.29, 0.717) is 20.9 Å². The molecule has 1 amide bonds. The number of ether oxygens (including phenoxy) is 1. The summed E-state index contributed by atoms with van der Waals surface area (Å²) in [4.78, 5) is 12.1. The van der Waals surface area contributed by atoms with E-state index in [1.807, 2.05) is 24.3 Å². The zero-order valence-corrected chi connectivity index (χ0v) is 15.0. The SMILES string of the molecule is CC(Oc1ccc(Cl)cc1Br)C(=O)Nc1ccc(Br)cc1. The van der Waals surface area contributed by atoms with Crippen molar-refractivity contribution in [2.75, 3.05) is 5.32 Å². The number of benzene rings is 2. The number of carbonyl (C=O) groups excluding carboxylic acids is 1. The number of hydrogen-bond donors (Lipinski definition) is 1. The molecule has 2 rings (SSSR count). The Morgan fingerprint density at radius 1 is 1.19 bits per heavy atom. The molecule has 110 valence electrons. The van der Waals surface area contributed by atoms with E-state index in [1.165, 1.54) is 0 Å². The van der Waals surface area contributed by atoms with Gasteiger partial charge >= 0.3 is 0 Å². The van der Waals surface area contributed by atoms with Gasteiger partial charge in [0.1, 0.15) is 5.75 Å². The normalized spacial score (nSPS) is 11.8. The van der Waals surface area contributed by atoms with Crippen LogP contribution in [-0.4, -0.2) is 12.0 Å². The number of rotatable bonds is 4. The fourth-order valence-electron chi connectivity index (χ4n) is 1.59. The lowest BCUT2D eigenvalue weighted by molar-refractivity contribution is -0.122. The summed E-state index contributed by atoms with van der Waals surface area (Å²) >= 11 is 12.6. The number of amides is 1. The van der Waals surface area contributed by atoms with Gasteiger partial charge in [-0.15, -0.1) is 0 Å². The Morgan fingerprint density at radius 2 is 1.86 bits per heavy atom. The van der Waals surface area contributed by atoms with E-state index in [2.05, 4.69) is 37.2 Å². The molecule has 1 N–H and O–H groups in total. The largest absolute Gasteiger partial charge is 0.480 e. The molecule has 3 nitrogen and oxygen atoms in total. The maximum absolute atomic E-state index is 12.1. The molecule has 2 aromatic rings. The summed E-state index contributed by atoms with van der Waals surface area (Å²) in [5, 5.41) is 3.39. The minimum atomic E-state index is -0.633. The van der Waals surface area contributed by atoms with Gasteiger partial charge in [-0.25, -0.2) is 0 Å². The van der Waals surface area contributed by atoms with Gasteiger partial charge in [0.05, 0.1) is 4.47 Å². The first-order chi connectivity index (χ1) is 9.95. The number of hydrogen-bond acceptors (Lipinski definition) is 2. The highest BCUT2D eigenvalue weighted by atomic mass is 79.9. The standard InChI is InChI=1S/C15H12Br2ClNO2/c1-9(21-14-7-4-11(18)8-13(14)17)15(20)19-12-5-2-10(16)3-6-12/h2-9H,1H3,(H,19,20). The zero-order chi connectivity index (χ0) is 15.4. The van der Waals surface area contributed by atoms with Gasteiger partial charge in [0.2, 0.25) is 0 Å². The lowest BCUT2D eigenvalue weighted by atomic mass is 10.3. The van der Waals surface area contributed by atoms with Gasteiger partial charge in [-0.2, -0.15) is 0 Å². The minimum Gasteiger partial charge on any atom is -0.480 e. The first-order valence-electron chi connectivity index (χ1n) is 6.14. The lowest BCUT2D eigenvalue weighted by Crippen LogP contribution is -2.30. The van der Waals surface area contributed by atoms with Gasteiger partial charge in [0, 0.05) is 15.2 Å². The Labute approximate surface area is 144 Å². The predicted octanol–water partition coefficient (Wildman–Crippen LogP) is 5.27. The van der Waals surface area contributed by atoms with Crippen LogP contribution in [0.4, 0.5) is 5.69 Å². The molecule has 1 unspecified atom stereocenters. The van der Waals surface area contributed by atoms with Crippen LogP contribution in [0.15, 0.2) is 51.4 Å². The average Bonchev–Trinajstić information content (AvgIpc) is 2.44. The monoisotopic (exact) mass is 431 g/mol. The molecule has 0 heterocycles. The van der Waals surface area contributed by atoms with E-state index < -0.39 is 6.10 Å². The second-order valence-corrected chi connectivity index (χ2v) is 6.54. The Kier molecular flexibility index (Phi) is 5.67. The third kappa shape index (κ3) is 4.73. The van der Waals surface area contributed by atoms with E-state index in [1.54, 1.807) is 25.1 Å². The number of anilines is 1. The molecular weight excluding hydrogens is 421 g/mol. The topological polar surface area (TPSA) is 38.3 Å². The minimum absolute atomic E-state index is 0.223. The number of nitrogens with one attached hydrogen (secondary N) is 1. The summed E-state index contributed by atoms with van der Waals surface area (Å²) in [6, 6.07) is 12.5. The molecule has 0 radical (unpaired) electrons. The molecule has 0 aliphatic heterocycles. The molecule has 0 bridgehead atoms. The molecule has 0 saturated heterocycles. The van der Waals surface area contributed by atoms with E-state index in [9.17, 15) is 4.79 Å². The van der Waals surface area contributed by atoms with E-state index >= 15 is 0 Å². The van der Waals surface area contributed by atoms with Crippen molar-refractivity contribution in [1.29, 1.82) is 0 Å². The summed E-state index contributed by atoms with van der Waals surface area (Å²) in [5.41, 5.74) is 0.717. The van der Waals surface area contributed by atoms with E-state index in [0.717, 1.165) is 4.47 Å². The molecule has 0 spiro atoms. The van der Waals surface area contributed by atoms with Gasteiger partial charge < -0.3 is 10.1 Å². The number of halogens is 3. The van der Waals surface area contributed by atoms with Crippen LogP contribution in [0.25, 0.3) is 0 Å². The van der Waals surface area contributed by atoms with E-state index in [4.69, 9.17) is 16.3 Å². The summed E-state index contributed by atoms with van der Waals surface area (Å²) in [5.74, 6) is 0.344. The van der Waals surface area contributed by atoms with E-state index in [-0.39, 0.29) is 5.91 Å². The third-order valence-corrected chi connectivity index (χ3v) is 4.06. The Hall–Kier alpha value is -1.04. The van der Waals surface area contributed by atoms with Crippen molar-refractivity contribution < 1.29 is 9.53 Å². The van der Waals surface area contributed by atoms with Crippen molar-refractivity contribution in [3.63, 3.8) is 0 Å². The van der Waals surface area contributed by atoms with Crippen LogP contribution < -0.4 is 10.1 Å². The van der Waals surface area contributed by atoms with Crippen LogP contribution >= 0.6 is 43.5 Å². The maximum atomic E-state index is 12.1. The Balaban J connectivity index is 2.00. The fraction of sp³-hybridized carbons (Fsp3) is 0.133. The molecule has 0 saturated carbocycles. The highest BCUT2D eigenvalue weighted by Crippen LogP contribution is 2.28. The molecule has 0 fully saturated rings. The van der Waals surface area contributed by atoms with Crippen LogP contribution in [0.1, 0.15) is 6.92 Å². The third-order valence-electron chi connectivity index (χ3n) is 2.68. The highest BCUT2D eigenvalue weighted by Gasteiger charge is 2.16. The van der Waals surface area contributed by atoms with Gasteiger partial charge in [-0.3, -0.25) is 4.79 Å². The van der Waals surface area contributed by atoms with Gasteiger partial charge in [-0.05, 0) is 65.3 Å². The van der Waals surface area contributed by atoms with Crippen LogP contribution in [0.5, 0.6) is 5.75 Å². The predicted molar refractivity (Wildman–Crippen MR) is 92.0 cm³/mol. The highest BCUT2D eigenvalue weighted by molar-refractivity contribution is 9.10. The molecular formula is C15H12Br2ClNO2. The van der Waals surface area contributed by atoms with Crippen molar-refractivity contribution in [2.24, 2.45) is 0 Å². The van der Waals surface area contributed by atoms with Crippen molar-refractivity contribution in [3.8, 4) is 5.75 Å². The first-order valence-corrected chi connectivity index (χ1v) is 8.10. The van der Waals surface area contributed by atoms with Crippen LogP contribution in [0.3, 0.4) is 0 Å². The molecule has 21 heavy (non-hydrogen) atoms. The number of carbonyl (C=O) groups is 1. The Morgan fingerprint density at radius 3 is 2.48 bits per heavy atom. The Bertz CT molecular complexity index is 647. The molecule has 0 aromatic heterocycles. The molecule has 2 aromatic carbocycles. The van der Waals surface area contributed by atoms with Gasteiger partial charge in [0.15, 0.2) is 6.10 Å². The molecule has 6 heteroatoms. The average molecular weight is 434 g/mol. The van der Waals surface area contributed by atoms with Crippen molar-refractivity contribution >= 4 is 55.1 Å². The second-order valence-electron chi connectivity index (χ2n) is 4.33. The lowest BCUT2D eigenvalue weighted by Gasteiger charge is -2.16.